The Morgan fingerprint density at radius 1 is 0.778 bits per heavy atom. The van der Waals surface area contributed by atoms with E-state index in [-0.39, 0.29) is 0 Å². The second kappa shape index (κ2) is 12.0. The van der Waals surface area contributed by atoms with Crippen molar-refractivity contribution in [2.24, 2.45) is 0 Å². The van der Waals surface area contributed by atoms with Crippen LogP contribution in [0.15, 0.2) is 0 Å². The summed E-state index contributed by atoms with van der Waals surface area (Å²) in [5, 5.41) is 3.59. The lowest BCUT2D eigenvalue weighted by Gasteiger charge is -2.26. The SMILES string of the molecule is CCCCCCCCCNCCN1CCCCC1. The second-order valence-electron chi connectivity index (χ2n) is 5.77. The first-order chi connectivity index (χ1) is 8.93. The topological polar surface area (TPSA) is 15.3 Å². The van der Waals surface area contributed by atoms with Gasteiger partial charge in [0, 0.05) is 13.1 Å². The Kier molecular flexibility index (Phi) is 10.6. The second-order valence-corrected chi connectivity index (χ2v) is 5.77. The van der Waals surface area contributed by atoms with Gasteiger partial charge in [-0.15, -0.1) is 0 Å². The van der Waals surface area contributed by atoms with Gasteiger partial charge in [0.05, 0.1) is 0 Å². The zero-order valence-corrected chi connectivity index (χ0v) is 12.6. The van der Waals surface area contributed by atoms with Gasteiger partial charge in [0.15, 0.2) is 0 Å². The minimum Gasteiger partial charge on any atom is -0.315 e. The molecular weight excluding hydrogens is 220 g/mol. The van der Waals surface area contributed by atoms with E-state index in [0.717, 1.165) is 0 Å². The third kappa shape index (κ3) is 8.93. The van der Waals surface area contributed by atoms with Crippen molar-refractivity contribution in [3.05, 3.63) is 0 Å². The van der Waals surface area contributed by atoms with Crippen LogP contribution in [0.3, 0.4) is 0 Å². The van der Waals surface area contributed by atoms with Crippen LogP contribution in [0.25, 0.3) is 0 Å². The molecule has 0 unspecified atom stereocenters. The quantitative estimate of drug-likeness (QED) is 0.564. The highest BCUT2D eigenvalue weighted by Gasteiger charge is 2.08. The van der Waals surface area contributed by atoms with Crippen LogP contribution >= 0.6 is 0 Å². The lowest BCUT2D eigenvalue weighted by atomic mass is 10.1. The molecule has 0 amide bonds. The van der Waals surface area contributed by atoms with Gasteiger partial charge in [-0.1, -0.05) is 51.9 Å². The van der Waals surface area contributed by atoms with E-state index < -0.39 is 0 Å². The Bertz CT molecular complexity index is 164. The molecule has 1 aliphatic heterocycles. The molecule has 18 heavy (non-hydrogen) atoms. The molecule has 1 fully saturated rings. The Morgan fingerprint density at radius 2 is 1.44 bits per heavy atom. The van der Waals surface area contributed by atoms with Crippen molar-refractivity contribution >= 4 is 0 Å². The highest BCUT2D eigenvalue weighted by atomic mass is 15.1. The molecule has 0 saturated carbocycles. The van der Waals surface area contributed by atoms with E-state index in [0.29, 0.717) is 0 Å². The highest BCUT2D eigenvalue weighted by molar-refractivity contribution is 4.65. The Morgan fingerprint density at radius 3 is 2.17 bits per heavy atom. The number of unbranched alkanes of at least 4 members (excludes halogenated alkanes) is 6. The van der Waals surface area contributed by atoms with Crippen LogP contribution < -0.4 is 5.32 Å². The molecule has 1 saturated heterocycles. The lowest BCUT2D eigenvalue weighted by molar-refractivity contribution is 0.229. The summed E-state index contributed by atoms with van der Waals surface area (Å²) in [5.41, 5.74) is 0. The molecule has 0 aromatic heterocycles. The molecule has 0 aromatic rings. The number of hydrogen-bond acceptors (Lipinski definition) is 2. The zero-order chi connectivity index (χ0) is 12.9. The number of likely N-dealkylation sites (tertiary alicyclic amines) is 1. The number of hydrogen-bond donors (Lipinski definition) is 1. The third-order valence-corrected chi connectivity index (χ3v) is 4.01. The first-order valence-corrected chi connectivity index (χ1v) is 8.36. The molecule has 0 atom stereocenters. The van der Waals surface area contributed by atoms with E-state index in [4.69, 9.17) is 0 Å². The van der Waals surface area contributed by atoms with Crippen LogP contribution in [0.2, 0.25) is 0 Å². The van der Waals surface area contributed by atoms with Crippen molar-refractivity contribution < 1.29 is 0 Å². The van der Waals surface area contributed by atoms with E-state index >= 15 is 0 Å². The van der Waals surface area contributed by atoms with Gasteiger partial charge in [0.2, 0.25) is 0 Å². The maximum Gasteiger partial charge on any atom is 0.0107 e. The normalized spacial score (nSPS) is 17.2. The summed E-state index contributed by atoms with van der Waals surface area (Å²) in [6.45, 7) is 8.62. The molecule has 1 N–H and O–H groups in total. The molecule has 2 heteroatoms. The van der Waals surface area contributed by atoms with Gasteiger partial charge in [-0.2, -0.15) is 0 Å². The van der Waals surface area contributed by atoms with Crippen LogP contribution in [0.1, 0.15) is 71.1 Å². The minimum atomic E-state index is 1.19. The zero-order valence-electron chi connectivity index (χ0n) is 12.6. The summed E-state index contributed by atoms with van der Waals surface area (Å²) >= 11 is 0. The summed E-state index contributed by atoms with van der Waals surface area (Å²) in [5.74, 6) is 0. The minimum absolute atomic E-state index is 1.19. The monoisotopic (exact) mass is 254 g/mol. The van der Waals surface area contributed by atoms with Crippen molar-refractivity contribution in [2.75, 3.05) is 32.7 Å². The van der Waals surface area contributed by atoms with Crippen molar-refractivity contribution in [1.29, 1.82) is 0 Å². The summed E-state index contributed by atoms with van der Waals surface area (Å²) in [6, 6.07) is 0. The van der Waals surface area contributed by atoms with Gasteiger partial charge in [-0.05, 0) is 38.9 Å². The van der Waals surface area contributed by atoms with E-state index in [1.54, 1.807) is 0 Å². The molecule has 108 valence electrons. The largest absolute Gasteiger partial charge is 0.315 e. The summed E-state index contributed by atoms with van der Waals surface area (Å²) < 4.78 is 0. The van der Waals surface area contributed by atoms with Crippen LogP contribution in [-0.4, -0.2) is 37.6 Å². The number of piperidine rings is 1. The number of rotatable bonds is 11. The molecule has 1 heterocycles. The van der Waals surface area contributed by atoms with Gasteiger partial charge in [0.1, 0.15) is 0 Å². The average molecular weight is 254 g/mol. The van der Waals surface area contributed by atoms with Gasteiger partial charge < -0.3 is 10.2 Å². The van der Waals surface area contributed by atoms with Gasteiger partial charge in [0.25, 0.3) is 0 Å². The van der Waals surface area contributed by atoms with Gasteiger partial charge in [-0.25, -0.2) is 0 Å². The van der Waals surface area contributed by atoms with Crippen molar-refractivity contribution in [3.63, 3.8) is 0 Å². The van der Waals surface area contributed by atoms with Crippen LogP contribution in [0.4, 0.5) is 0 Å². The maximum atomic E-state index is 3.59. The van der Waals surface area contributed by atoms with E-state index in [9.17, 15) is 0 Å². The fourth-order valence-electron chi connectivity index (χ4n) is 2.75. The number of nitrogens with zero attached hydrogens (tertiary/aromatic N) is 1. The Balaban J connectivity index is 1.73. The highest BCUT2D eigenvalue weighted by Crippen LogP contribution is 2.07. The molecule has 1 aliphatic rings. The molecular formula is C16H34N2. The van der Waals surface area contributed by atoms with E-state index in [1.165, 1.54) is 96.9 Å². The molecule has 0 bridgehead atoms. The predicted octanol–water partition coefficient (Wildman–Crippen LogP) is 3.81. The first kappa shape index (κ1) is 16.0. The van der Waals surface area contributed by atoms with Crippen molar-refractivity contribution in [2.45, 2.75) is 71.1 Å². The number of nitrogens with one attached hydrogen (secondary N) is 1. The van der Waals surface area contributed by atoms with Crippen molar-refractivity contribution in [1.82, 2.24) is 10.2 Å². The summed E-state index contributed by atoms with van der Waals surface area (Å²) in [6.07, 6.45) is 14.2. The fourth-order valence-corrected chi connectivity index (χ4v) is 2.75. The van der Waals surface area contributed by atoms with Crippen LogP contribution in [0, 0.1) is 0 Å². The van der Waals surface area contributed by atoms with E-state index in [2.05, 4.69) is 17.1 Å². The molecule has 1 rings (SSSR count). The van der Waals surface area contributed by atoms with E-state index in [1.807, 2.05) is 0 Å². The molecule has 0 aliphatic carbocycles. The Hall–Kier alpha value is -0.0800. The molecule has 2 nitrogen and oxygen atoms in total. The first-order valence-electron chi connectivity index (χ1n) is 8.36. The Labute approximate surface area is 115 Å². The predicted molar refractivity (Wildman–Crippen MR) is 81.2 cm³/mol. The smallest absolute Gasteiger partial charge is 0.0107 e. The van der Waals surface area contributed by atoms with Gasteiger partial charge >= 0.3 is 0 Å². The van der Waals surface area contributed by atoms with Crippen LogP contribution in [-0.2, 0) is 0 Å². The summed E-state index contributed by atoms with van der Waals surface area (Å²) in [4.78, 5) is 2.61. The van der Waals surface area contributed by atoms with Gasteiger partial charge in [-0.3, -0.25) is 0 Å². The lowest BCUT2D eigenvalue weighted by Crippen LogP contribution is -2.36. The molecule has 0 radical (unpaired) electrons. The molecule has 0 spiro atoms. The van der Waals surface area contributed by atoms with Crippen molar-refractivity contribution in [3.8, 4) is 0 Å². The molecule has 0 aromatic carbocycles. The third-order valence-electron chi connectivity index (χ3n) is 4.01. The average Bonchev–Trinajstić information content (AvgIpc) is 2.42. The summed E-state index contributed by atoms with van der Waals surface area (Å²) in [7, 11) is 0. The maximum absolute atomic E-state index is 3.59. The standard InChI is InChI=1S/C16H34N2/c1-2-3-4-5-6-7-9-12-17-13-16-18-14-10-8-11-15-18/h17H,2-16H2,1H3. The fraction of sp³-hybridized carbons (Fsp3) is 1.00. The van der Waals surface area contributed by atoms with Crippen LogP contribution in [0.5, 0.6) is 0 Å².